The van der Waals surface area contributed by atoms with Crippen LogP contribution >= 0.6 is 0 Å². The van der Waals surface area contributed by atoms with Gasteiger partial charge in [-0.3, -0.25) is 0 Å². The summed E-state index contributed by atoms with van der Waals surface area (Å²) < 4.78 is 15.4. The molecular weight excluding hydrogens is 272 g/mol. The van der Waals surface area contributed by atoms with E-state index < -0.39 is 0 Å². The molecule has 0 saturated carbocycles. The van der Waals surface area contributed by atoms with Gasteiger partial charge in [0.2, 0.25) is 12.5 Å². The van der Waals surface area contributed by atoms with Crippen molar-refractivity contribution in [2.24, 2.45) is 0 Å². The quantitative estimate of drug-likeness (QED) is 0.786. The van der Waals surface area contributed by atoms with E-state index in [4.69, 9.17) is 14.2 Å². The van der Waals surface area contributed by atoms with Crippen molar-refractivity contribution >= 4 is 0 Å². The Kier molecular flexibility index (Phi) is 3.20. The number of phenolic OH excluding ortho intramolecular Hbond substituents is 2. The zero-order valence-corrected chi connectivity index (χ0v) is 11.2. The standard InChI is InChI=1S/C16H12O5/c1-19-16-12(17)6-11(7-13(16)18)3-2-10-4-5-14-15(8-10)21-9-20-14/h4-8,17-18H,9H2,1H3. The zero-order chi connectivity index (χ0) is 14.8. The number of ether oxygens (including phenoxy) is 3. The van der Waals surface area contributed by atoms with Crippen LogP contribution in [0.5, 0.6) is 28.7 Å². The number of hydrogen-bond acceptors (Lipinski definition) is 5. The third-order valence-corrected chi connectivity index (χ3v) is 2.98. The Balaban J connectivity index is 1.91. The van der Waals surface area contributed by atoms with Gasteiger partial charge in [0.05, 0.1) is 7.11 Å². The minimum Gasteiger partial charge on any atom is -0.504 e. The Hall–Kier alpha value is -3.00. The molecule has 0 amide bonds. The summed E-state index contributed by atoms with van der Waals surface area (Å²) in [4.78, 5) is 0. The van der Waals surface area contributed by atoms with Crippen molar-refractivity contribution in [3.8, 4) is 40.6 Å². The summed E-state index contributed by atoms with van der Waals surface area (Å²) in [6.45, 7) is 0.215. The first-order chi connectivity index (χ1) is 10.2. The first kappa shape index (κ1) is 13.0. The summed E-state index contributed by atoms with van der Waals surface area (Å²) in [6.07, 6.45) is 0. The second-order valence-electron chi connectivity index (χ2n) is 4.37. The van der Waals surface area contributed by atoms with Gasteiger partial charge in [0.15, 0.2) is 23.0 Å². The predicted octanol–water partition coefficient (Wildman–Crippen LogP) is 2.23. The van der Waals surface area contributed by atoms with E-state index in [1.807, 2.05) is 6.07 Å². The number of phenols is 2. The second kappa shape index (κ2) is 5.17. The van der Waals surface area contributed by atoms with E-state index >= 15 is 0 Å². The summed E-state index contributed by atoms with van der Waals surface area (Å²) in [7, 11) is 1.37. The second-order valence-corrected chi connectivity index (χ2v) is 4.37. The largest absolute Gasteiger partial charge is 0.504 e. The highest BCUT2D eigenvalue weighted by Gasteiger charge is 2.12. The molecule has 3 rings (SSSR count). The van der Waals surface area contributed by atoms with Crippen molar-refractivity contribution in [1.82, 2.24) is 0 Å². The average molecular weight is 284 g/mol. The van der Waals surface area contributed by atoms with E-state index in [1.54, 1.807) is 12.1 Å². The first-order valence-corrected chi connectivity index (χ1v) is 6.19. The van der Waals surface area contributed by atoms with E-state index in [9.17, 15) is 10.2 Å². The van der Waals surface area contributed by atoms with Crippen molar-refractivity contribution in [2.75, 3.05) is 13.9 Å². The van der Waals surface area contributed by atoms with Crippen molar-refractivity contribution in [1.29, 1.82) is 0 Å². The molecule has 0 fully saturated rings. The Morgan fingerprint density at radius 3 is 2.33 bits per heavy atom. The molecular formula is C16H12O5. The SMILES string of the molecule is COc1c(O)cc(C#Cc2ccc3c(c2)OCO3)cc1O. The molecule has 0 aromatic heterocycles. The van der Waals surface area contributed by atoms with E-state index in [0.29, 0.717) is 17.1 Å². The van der Waals surface area contributed by atoms with Crippen LogP contribution in [0, 0.1) is 11.8 Å². The molecule has 1 aliphatic rings. The molecule has 5 nitrogen and oxygen atoms in total. The van der Waals surface area contributed by atoms with Crippen LogP contribution in [0.15, 0.2) is 30.3 Å². The zero-order valence-electron chi connectivity index (χ0n) is 11.2. The van der Waals surface area contributed by atoms with Gasteiger partial charge in [-0.05, 0) is 30.3 Å². The highest BCUT2D eigenvalue weighted by atomic mass is 16.7. The van der Waals surface area contributed by atoms with E-state index in [-0.39, 0.29) is 24.0 Å². The van der Waals surface area contributed by atoms with Crippen LogP contribution in [-0.4, -0.2) is 24.1 Å². The first-order valence-electron chi connectivity index (χ1n) is 6.19. The van der Waals surface area contributed by atoms with Crippen LogP contribution in [0.4, 0.5) is 0 Å². The fourth-order valence-electron chi connectivity index (χ4n) is 2.00. The lowest BCUT2D eigenvalue weighted by Crippen LogP contribution is -1.92. The fourth-order valence-corrected chi connectivity index (χ4v) is 2.00. The van der Waals surface area contributed by atoms with Gasteiger partial charge in [-0.25, -0.2) is 0 Å². The lowest BCUT2D eigenvalue weighted by Gasteiger charge is -2.05. The molecule has 2 N–H and O–H groups in total. The summed E-state index contributed by atoms with van der Waals surface area (Å²) in [5, 5.41) is 19.4. The number of fused-ring (bicyclic) bond motifs is 1. The van der Waals surface area contributed by atoms with Crippen LogP contribution in [0.3, 0.4) is 0 Å². The van der Waals surface area contributed by atoms with Gasteiger partial charge in [0, 0.05) is 11.1 Å². The molecule has 0 spiro atoms. The number of rotatable bonds is 1. The smallest absolute Gasteiger partial charge is 0.231 e. The van der Waals surface area contributed by atoms with E-state index in [0.717, 1.165) is 5.56 Å². The van der Waals surface area contributed by atoms with Gasteiger partial charge < -0.3 is 24.4 Å². The average Bonchev–Trinajstić information content (AvgIpc) is 2.92. The minimum atomic E-state index is -0.160. The van der Waals surface area contributed by atoms with Crippen molar-refractivity contribution in [3.63, 3.8) is 0 Å². The van der Waals surface area contributed by atoms with Crippen LogP contribution in [0.25, 0.3) is 0 Å². The number of benzene rings is 2. The Morgan fingerprint density at radius 2 is 1.62 bits per heavy atom. The molecule has 5 heteroatoms. The molecule has 0 aliphatic carbocycles. The normalized spacial score (nSPS) is 11.7. The summed E-state index contributed by atoms with van der Waals surface area (Å²) >= 11 is 0. The monoisotopic (exact) mass is 284 g/mol. The van der Waals surface area contributed by atoms with Crippen LogP contribution in [-0.2, 0) is 0 Å². The van der Waals surface area contributed by atoms with E-state index in [1.165, 1.54) is 19.2 Å². The molecule has 0 bridgehead atoms. The highest BCUT2D eigenvalue weighted by Crippen LogP contribution is 2.36. The molecule has 1 heterocycles. The van der Waals surface area contributed by atoms with Gasteiger partial charge in [0.1, 0.15) is 0 Å². The Morgan fingerprint density at radius 1 is 0.952 bits per heavy atom. The topological polar surface area (TPSA) is 68.2 Å². The van der Waals surface area contributed by atoms with Gasteiger partial charge in [-0.2, -0.15) is 0 Å². The third kappa shape index (κ3) is 2.51. The molecule has 21 heavy (non-hydrogen) atoms. The van der Waals surface area contributed by atoms with Gasteiger partial charge in [-0.15, -0.1) is 0 Å². The molecule has 0 radical (unpaired) electrons. The Labute approximate surface area is 121 Å². The maximum Gasteiger partial charge on any atom is 0.231 e. The van der Waals surface area contributed by atoms with E-state index in [2.05, 4.69) is 11.8 Å². The number of hydrogen-bond donors (Lipinski definition) is 2. The van der Waals surface area contributed by atoms with Crippen LogP contribution < -0.4 is 14.2 Å². The molecule has 0 atom stereocenters. The molecule has 1 aliphatic heterocycles. The van der Waals surface area contributed by atoms with Crippen LogP contribution in [0.2, 0.25) is 0 Å². The van der Waals surface area contributed by atoms with Crippen LogP contribution in [0.1, 0.15) is 11.1 Å². The maximum absolute atomic E-state index is 9.71. The lowest BCUT2D eigenvalue weighted by atomic mass is 10.1. The summed E-state index contributed by atoms with van der Waals surface area (Å²) in [5.41, 5.74) is 1.22. The minimum absolute atomic E-state index is 0.0311. The number of aromatic hydroxyl groups is 2. The Bertz CT molecular complexity index is 732. The highest BCUT2D eigenvalue weighted by molar-refractivity contribution is 5.57. The van der Waals surface area contributed by atoms with Crippen molar-refractivity contribution in [3.05, 3.63) is 41.5 Å². The predicted molar refractivity (Wildman–Crippen MR) is 74.9 cm³/mol. The third-order valence-electron chi connectivity index (χ3n) is 2.98. The summed E-state index contributed by atoms with van der Waals surface area (Å²) in [6, 6.07) is 8.23. The maximum atomic E-state index is 9.71. The van der Waals surface area contributed by atoms with Gasteiger partial charge in [0.25, 0.3) is 0 Å². The molecule has 0 unspecified atom stereocenters. The number of methoxy groups -OCH3 is 1. The summed E-state index contributed by atoms with van der Waals surface area (Å²) in [5.74, 6) is 6.86. The molecule has 2 aromatic rings. The van der Waals surface area contributed by atoms with Gasteiger partial charge in [-0.1, -0.05) is 11.8 Å². The molecule has 106 valence electrons. The van der Waals surface area contributed by atoms with Gasteiger partial charge >= 0.3 is 0 Å². The molecule has 0 saturated heterocycles. The lowest BCUT2D eigenvalue weighted by molar-refractivity contribution is 0.174. The van der Waals surface area contributed by atoms with Crippen molar-refractivity contribution in [2.45, 2.75) is 0 Å². The fraction of sp³-hybridized carbons (Fsp3) is 0.125. The van der Waals surface area contributed by atoms with Crippen molar-refractivity contribution < 1.29 is 24.4 Å². The molecule has 2 aromatic carbocycles.